The van der Waals surface area contributed by atoms with E-state index < -0.39 is 23.5 Å². The summed E-state index contributed by atoms with van der Waals surface area (Å²) in [5.74, 6) is 0. The maximum absolute atomic E-state index is 14.9. The summed E-state index contributed by atoms with van der Waals surface area (Å²) in [5, 5.41) is 0. The molecule has 4 aliphatic heterocycles. The van der Waals surface area contributed by atoms with Crippen molar-refractivity contribution in [3.63, 3.8) is 0 Å². The van der Waals surface area contributed by atoms with Gasteiger partial charge in [0.15, 0.2) is 0 Å². The second kappa shape index (κ2) is 9.79. The molecule has 6 aromatic rings. The van der Waals surface area contributed by atoms with Gasteiger partial charge in [0.05, 0.1) is 16.8 Å². The Bertz CT molecular complexity index is 2400. The first-order valence-electron chi connectivity index (χ1n) is 15.7. The number of para-hydroxylation sites is 3. The van der Waals surface area contributed by atoms with Crippen LogP contribution < -0.4 is 42.6 Å². The molecule has 0 unspecified atom stereocenters. The highest BCUT2D eigenvalue weighted by Crippen LogP contribution is 2.50. The fourth-order valence-corrected chi connectivity index (χ4v) is 9.51. The summed E-state index contributed by atoms with van der Waals surface area (Å²) in [6.07, 6.45) is -10.00. The fraction of sp³-hybridized carbons (Fsp3) is 0.0526. The van der Waals surface area contributed by atoms with Gasteiger partial charge in [-0.3, -0.25) is 0 Å². The molecule has 0 atom stereocenters. The van der Waals surface area contributed by atoms with E-state index in [4.69, 9.17) is 0 Å². The minimum absolute atomic E-state index is 0.117. The van der Waals surface area contributed by atoms with Crippen LogP contribution in [0.1, 0.15) is 11.1 Å². The second-order valence-corrected chi connectivity index (χ2v) is 13.7. The van der Waals surface area contributed by atoms with Gasteiger partial charge in [-0.05, 0) is 75.8 Å². The molecule has 4 heterocycles. The lowest BCUT2D eigenvalue weighted by molar-refractivity contribution is -0.142. The van der Waals surface area contributed by atoms with E-state index in [1.807, 2.05) is 54.6 Å². The highest BCUT2D eigenvalue weighted by Gasteiger charge is 2.51. The molecule has 49 heavy (non-hydrogen) atoms. The van der Waals surface area contributed by atoms with Gasteiger partial charge < -0.3 is 9.80 Å². The SMILES string of the molecule is FC(F)(F)c1ccc(N2c3ccccc3B3c4ccccc4N4c5ccccc5B5c6ccccc6Sc6cc2c3c4c65)c(C(F)(F)F)c1. The van der Waals surface area contributed by atoms with Crippen molar-refractivity contribution in [3.05, 3.63) is 132 Å². The average molecular weight is 672 g/mol. The Morgan fingerprint density at radius 3 is 1.57 bits per heavy atom. The van der Waals surface area contributed by atoms with E-state index in [1.165, 1.54) is 4.90 Å². The molecule has 11 heteroatoms. The number of fused-ring (bicyclic) bond motifs is 10. The minimum Gasteiger partial charge on any atom is -0.312 e. The number of hydrogen-bond acceptors (Lipinski definition) is 3. The predicted octanol–water partition coefficient (Wildman–Crippen LogP) is 7.10. The van der Waals surface area contributed by atoms with Gasteiger partial charge in [0.1, 0.15) is 0 Å². The normalized spacial score (nSPS) is 14.9. The lowest BCUT2D eigenvalue weighted by atomic mass is 9.29. The first kappa shape index (κ1) is 28.9. The Hall–Kier alpha value is -5.02. The third-order valence-corrected chi connectivity index (χ3v) is 11.3. The van der Waals surface area contributed by atoms with Crippen molar-refractivity contribution in [2.75, 3.05) is 9.80 Å². The molecule has 2 nitrogen and oxygen atoms in total. The van der Waals surface area contributed by atoms with Crippen molar-refractivity contribution < 1.29 is 26.3 Å². The van der Waals surface area contributed by atoms with Crippen LogP contribution in [-0.2, 0) is 12.4 Å². The maximum Gasteiger partial charge on any atom is 0.418 e. The van der Waals surface area contributed by atoms with Crippen LogP contribution in [0.15, 0.2) is 131 Å². The van der Waals surface area contributed by atoms with Gasteiger partial charge in [-0.15, -0.1) is 0 Å². The van der Waals surface area contributed by atoms with Crippen molar-refractivity contribution in [2.45, 2.75) is 22.1 Å². The molecule has 0 aliphatic carbocycles. The molecule has 4 aliphatic rings. The van der Waals surface area contributed by atoms with E-state index in [1.54, 1.807) is 23.9 Å². The summed E-state index contributed by atoms with van der Waals surface area (Å²) in [6, 6.07) is 35.8. The van der Waals surface area contributed by atoms with Gasteiger partial charge in [0.25, 0.3) is 6.71 Å². The van der Waals surface area contributed by atoms with Crippen LogP contribution in [0.25, 0.3) is 0 Å². The monoisotopic (exact) mass is 672 g/mol. The molecular weight excluding hydrogens is 652 g/mol. The molecule has 10 rings (SSSR count). The number of halogens is 6. The van der Waals surface area contributed by atoms with E-state index in [0.717, 1.165) is 71.8 Å². The Morgan fingerprint density at radius 1 is 0.449 bits per heavy atom. The quantitative estimate of drug-likeness (QED) is 0.136. The molecule has 0 N–H and O–H groups in total. The average Bonchev–Trinajstić information content (AvgIpc) is 3.10. The van der Waals surface area contributed by atoms with Crippen molar-refractivity contribution in [1.82, 2.24) is 0 Å². The number of benzene rings is 6. The van der Waals surface area contributed by atoms with Crippen molar-refractivity contribution in [2.24, 2.45) is 0 Å². The highest BCUT2D eigenvalue weighted by molar-refractivity contribution is 8.00. The third kappa shape index (κ3) is 3.90. The van der Waals surface area contributed by atoms with Crippen molar-refractivity contribution in [3.8, 4) is 0 Å². The lowest BCUT2D eigenvalue weighted by Crippen LogP contribution is -2.68. The van der Waals surface area contributed by atoms with Crippen LogP contribution in [0, 0.1) is 0 Å². The van der Waals surface area contributed by atoms with E-state index in [-0.39, 0.29) is 25.2 Å². The van der Waals surface area contributed by atoms with E-state index >= 15 is 0 Å². The summed E-state index contributed by atoms with van der Waals surface area (Å²) in [7, 11) is 0. The zero-order valence-corrected chi connectivity index (χ0v) is 26.1. The number of nitrogens with zero attached hydrogens (tertiary/aromatic N) is 2. The molecule has 0 fully saturated rings. The van der Waals surface area contributed by atoms with Crippen molar-refractivity contribution in [1.29, 1.82) is 0 Å². The second-order valence-electron chi connectivity index (χ2n) is 12.7. The summed E-state index contributed by atoms with van der Waals surface area (Å²) in [6.45, 7) is -0.444. The van der Waals surface area contributed by atoms with Crippen LogP contribution in [-0.4, -0.2) is 13.4 Å². The first-order valence-corrected chi connectivity index (χ1v) is 16.6. The molecule has 0 aromatic heterocycles. The number of hydrogen-bond donors (Lipinski definition) is 0. The number of alkyl halides is 6. The summed E-state index contributed by atoms with van der Waals surface area (Å²) in [5.41, 5.74) is 6.87. The molecule has 0 amide bonds. The predicted molar refractivity (Wildman–Crippen MR) is 186 cm³/mol. The lowest BCUT2D eigenvalue weighted by Gasteiger charge is -2.49. The summed E-state index contributed by atoms with van der Waals surface area (Å²) in [4.78, 5) is 5.73. The third-order valence-electron chi connectivity index (χ3n) is 10.1. The van der Waals surface area contributed by atoms with Crippen LogP contribution in [0.5, 0.6) is 0 Å². The standard InChI is InChI=1S/C38H20B2F6N2S/c41-37(42,43)21-17-18-27(22(19-21)38(44,45)46)47-28-13-5-1-9-23(28)39-24-10-2-6-14-29(24)48-30-15-7-3-11-25(30)40-26-12-4-8-16-32(26)49-33-20-31(47)34(39)36(48)35(33)40/h1-20H. The van der Waals surface area contributed by atoms with E-state index in [9.17, 15) is 26.3 Å². The molecule has 6 aromatic carbocycles. The van der Waals surface area contributed by atoms with Crippen molar-refractivity contribution >= 4 is 92.1 Å². The molecule has 0 bridgehead atoms. The largest absolute Gasteiger partial charge is 0.418 e. The number of rotatable bonds is 1. The van der Waals surface area contributed by atoms with Crippen LogP contribution in [0.4, 0.5) is 60.5 Å². The Kier molecular flexibility index (Phi) is 5.78. The topological polar surface area (TPSA) is 6.48 Å². The molecule has 0 saturated carbocycles. The van der Waals surface area contributed by atoms with E-state index in [2.05, 4.69) is 41.3 Å². The molecule has 0 radical (unpaired) electrons. The summed E-state index contributed by atoms with van der Waals surface area (Å²) >= 11 is 1.58. The Balaban J connectivity index is 1.35. The van der Waals surface area contributed by atoms with Crippen LogP contribution in [0.2, 0.25) is 0 Å². The first-order chi connectivity index (χ1) is 23.6. The fourth-order valence-electron chi connectivity index (χ4n) is 8.32. The smallest absolute Gasteiger partial charge is 0.312 e. The molecule has 0 spiro atoms. The van der Waals surface area contributed by atoms with Crippen LogP contribution in [0.3, 0.4) is 0 Å². The van der Waals surface area contributed by atoms with Gasteiger partial charge in [0.2, 0.25) is 6.71 Å². The summed E-state index contributed by atoms with van der Waals surface area (Å²) < 4.78 is 86.1. The Morgan fingerprint density at radius 2 is 0.980 bits per heavy atom. The molecular formula is C38H20B2F6N2S. The maximum atomic E-state index is 14.9. The molecule has 236 valence electrons. The zero-order chi connectivity index (χ0) is 33.4. The van der Waals surface area contributed by atoms with Gasteiger partial charge in [0, 0.05) is 38.2 Å². The molecule has 0 saturated heterocycles. The van der Waals surface area contributed by atoms with Gasteiger partial charge >= 0.3 is 12.4 Å². The van der Waals surface area contributed by atoms with E-state index in [0.29, 0.717) is 11.4 Å². The minimum atomic E-state index is -5.06. The van der Waals surface area contributed by atoms with Crippen LogP contribution >= 0.6 is 11.8 Å². The zero-order valence-electron chi connectivity index (χ0n) is 25.3. The number of anilines is 6. The highest BCUT2D eigenvalue weighted by atomic mass is 32.2. The van der Waals surface area contributed by atoms with Gasteiger partial charge in [-0.25, -0.2) is 0 Å². The van der Waals surface area contributed by atoms with Gasteiger partial charge in [-0.2, -0.15) is 26.3 Å². The van der Waals surface area contributed by atoms with Gasteiger partial charge in [-0.1, -0.05) is 90.0 Å². The Labute approximate surface area is 282 Å².